The molecule has 23 heavy (non-hydrogen) atoms. The number of aromatic amines is 1. The van der Waals surface area contributed by atoms with Crippen LogP contribution in [0, 0.1) is 0 Å². The maximum absolute atomic E-state index is 11.7. The fourth-order valence-electron chi connectivity index (χ4n) is 2.55. The fourth-order valence-corrected chi connectivity index (χ4v) is 3.26. The maximum atomic E-state index is 11.7. The van der Waals surface area contributed by atoms with Crippen molar-refractivity contribution in [2.24, 2.45) is 0 Å². The Balaban J connectivity index is 1.59. The normalized spacial score (nSPS) is 20.1. The first-order valence-electron chi connectivity index (χ1n) is 7.42. The molecule has 2 N–H and O–H groups in total. The topological polar surface area (TPSA) is 96.0 Å². The summed E-state index contributed by atoms with van der Waals surface area (Å²) in [7, 11) is 5.42. The van der Waals surface area contributed by atoms with E-state index in [2.05, 4.69) is 24.6 Å². The monoisotopic (exact) mass is 336 g/mol. The van der Waals surface area contributed by atoms with E-state index in [1.54, 1.807) is 13.2 Å². The van der Waals surface area contributed by atoms with Gasteiger partial charge in [0.2, 0.25) is 11.1 Å². The Bertz CT molecular complexity index is 722. The minimum atomic E-state index is -0.127. The molecule has 1 aliphatic carbocycles. The molecule has 1 fully saturated rings. The van der Waals surface area contributed by atoms with E-state index >= 15 is 0 Å². The molecule has 0 saturated heterocycles. The van der Waals surface area contributed by atoms with Crippen molar-refractivity contribution >= 4 is 22.6 Å². The number of hydrogen-bond donors (Lipinski definition) is 2. The molecule has 2 aromatic rings. The van der Waals surface area contributed by atoms with Crippen LogP contribution in [0.2, 0.25) is 0 Å². The fraction of sp³-hybridized carbons (Fsp3) is 0.571. The summed E-state index contributed by atoms with van der Waals surface area (Å²) < 4.78 is 9.30. The number of rotatable bonds is 6. The zero-order valence-electron chi connectivity index (χ0n) is 13.4. The molecule has 9 heteroatoms. The number of H-pyrrole nitrogens is 1. The van der Waals surface area contributed by atoms with E-state index in [9.17, 15) is 4.79 Å². The van der Waals surface area contributed by atoms with E-state index in [-0.39, 0.29) is 5.56 Å². The molecular formula is C14H20N6O2S. The van der Waals surface area contributed by atoms with Crippen LogP contribution in [0.25, 0.3) is 0 Å². The van der Waals surface area contributed by atoms with Gasteiger partial charge < -0.3 is 19.9 Å². The van der Waals surface area contributed by atoms with Gasteiger partial charge in [-0.1, -0.05) is 0 Å². The summed E-state index contributed by atoms with van der Waals surface area (Å²) in [6.07, 6.45) is 1.86. The first-order chi connectivity index (χ1) is 11.0. The molecule has 0 bridgehead atoms. The van der Waals surface area contributed by atoms with Gasteiger partial charge in [0.25, 0.3) is 5.56 Å². The van der Waals surface area contributed by atoms with E-state index in [1.165, 1.54) is 11.5 Å². The van der Waals surface area contributed by atoms with Crippen molar-refractivity contribution in [1.82, 2.24) is 19.3 Å². The quantitative estimate of drug-likeness (QED) is 0.818. The van der Waals surface area contributed by atoms with Crippen molar-refractivity contribution in [3.05, 3.63) is 27.9 Å². The van der Waals surface area contributed by atoms with Crippen molar-refractivity contribution < 1.29 is 4.74 Å². The number of nitrogens with one attached hydrogen (secondary N) is 2. The van der Waals surface area contributed by atoms with Crippen LogP contribution >= 0.6 is 11.5 Å². The second-order valence-electron chi connectivity index (χ2n) is 5.85. The Hall–Kier alpha value is -2.00. The summed E-state index contributed by atoms with van der Waals surface area (Å²) in [6.45, 7) is 0.315. The lowest BCUT2D eigenvalue weighted by atomic mass is 9.78. The molecular weight excluding hydrogens is 316 g/mol. The molecule has 2 aromatic heterocycles. The number of anilines is 2. The molecule has 0 atom stereocenters. The third-order valence-electron chi connectivity index (χ3n) is 3.79. The van der Waals surface area contributed by atoms with E-state index in [0.29, 0.717) is 30.3 Å². The van der Waals surface area contributed by atoms with Crippen molar-refractivity contribution in [2.75, 3.05) is 31.4 Å². The van der Waals surface area contributed by atoms with Gasteiger partial charge in [0.1, 0.15) is 12.4 Å². The van der Waals surface area contributed by atoms with E-state index in [0.717, 1.165) is 23.7 Å². The van der Waals surface area contributed by atoms with Gasteiger partial charge in [-0.2, -0.15) is 9.36 Å². The molecule has 2 heterocycles. The summed E-state index contributed by atoms with van der Waals surface area (Å²) >= 11 is 1.36. The van der Waals surface area contributed by atoms with Crippen molar-refractivity contribution in [2.45, 2.75) is 31.4 Å². The number of methoxy groups -OCH3 is 1. The van der Waals surface area contributed by atoms with Crippen molar-refractivity contribution in [1.29, 1.82) is 0 Å². The average Bonchev–Trinajstić information content (AvgIpc) is 2.91. The summed E-state index contributed by atoms with van der Waals surface area (Å²) in [4.78, 5) is 25.1. The molecule has 0 spiro atoms. The molecule has 1 aliphatic rings. The molecule has 8 nitrogen and oxygen atoms in total. The Morgan fingerprint density at radius 3 is 2.87 bits per heavy atom. The van der Waals surface area contributed by atoms with E-state index in [1.807, 2.05) is 19.0 Å². The van der Waals surface area contributed by atoms with Gasteiger partial charge in [-0.3, -0.25) is 4.79 Å². The van der Waals surface area contributed by atoms with Crippen molar-refractivity contribution in [3.8, 4) is 0 Å². The standard InChI is InChI=1S/C14H20N6O2S/c1-20(2)13-18-14(23-19-13)15-9-4-8(5-9)10-6-12(21)17-11(16-10)7-22-3/h6,8-9H,4-5,7H2,1-3H3,(H,15,18,19)(H,16,17,21). The van der Waals surface area contributed by atoms with Crippen molar-refractivity contribution in [3.63, 3.8) is 0 Å². The SMILES string of the molecule is COCc1nc(C2CC(Nc3nc(N(C)C)ns3)C2)cc(=O)[nH]1. The second kappa shape index (κ2) is 6.63. The molecule has 0 aromatic carbocycles. The maximum Gasteiger partial charge on any atom is 0.251 e. The molecule has 1 saturated carbocycles. The predicted molar refractivity (Wildman–Crippen MR) is 89.2 cm³/mol. The first kappa shape index (κ1) is 15.9. The number of ether oxygens (including phenoxy) is 1. The Morgan fingerprint density at radius 2 is 2.22 bits per heavy atom. The third-order valence-corrected chi connectivity index (χ3v) is 4.43. The van der Waals surface area contributed by atoms with Gasteiger partial charge >= 0.3 is 0 Å². The number of hydrogen-bond acceptors (Lipinski definition) is 8. The average molecular weight is 336 g/mol. The lowest BCUT2D eigenvalue weighted by Gasteiger charge is -2.35. The van der Waals surface area contributed by atoms with Gasteiger partial charge in [0, 0.05) is 50.8 Å². The van der Waals surface area contributed by atoms with Crippen LogP contribution in [0.15, 0.2) is 10.9 Å². The molecule has 124 valence electrons. The predicted octanol–water partition coefficient (Wildman–Crippen LogP) is 1.19. The van der Waals surface area contributed by atoms with E-state index < -0.39 is 0 Å². The smallest absolute Gasteiger partial charge is 0.251 e. The van der Waals surface area contributed by atoms with Crippen LogP contribution in [0.5, 0.6) is 0 Å². The van der Waals surface area contributed by atoms with Gasteiger partial charge in [-0.15, -0.1) is 0 Å². The summed E-state index contributed by atoms with van der Waals surface area (Å²) in [5.41, 5.74) is 0.711. The largest absolute Gasteiger partial charge is 0.377 e. The highest BCUT2D eigenvalue weighted by Crippen LogP contribution is 2.37. The third kappa shape index (κ3) is 3.67. The highest BCUT2D eigenvalue weighted by molar-refractivity contribution is 7.09. The molecule has 0 unspecified atom stereocenters. The molecule has 0 amide bonds. The zero-order valence-corrected chi connectivity index (χ0v) is 14.2. The molecule has 0 radical (unpaired) electrons. The summed E-state index contributed by atoms with van der Waals surface area (Å²) in [5, 5.41) is 4.22. The lowest BCUT2D eigenvalue weighted by Crippen LogP contribution is -2.35. The van der Waals surface area contributed by atoms with Crippen LogP contribution in [0.4, 0.5) is 11.1 Å². The lowest BCUT2D eigenvalue weighted by molar-refractivity contribution is 0.177. The molecule has 3 rings (SSSR count). The van der Waals surface area contributed by atoms with E-state index in [4.69, 9.17) is 4.74 Å². The van der Waals surface area contributed by atoms with Crippen LogP contribution in [0.3, 0.4) is 0 Å². The minimum absolute atomic E-state index is 0.127. The van der Waals surface area contributed by atoms with Gasteiger partial charge in [0.15, 0.2) is 0 Å². The van der Waals surface area contributed by atoms with Gasteiger partial charge in [-0.25, -0.2) is 4.98 Å². The van der Waals surface area contributed by atoms with Crippen LogP contribution in [-0.2, 0) is 11.3 Å². The zero-order chi connectivity index (χ0) is 16.4. The Kier molecular flexibility index (Phi) is 4.58. The molecule has 0 aliphatic heterocycles. The number of aromatic nitrogens is 4. The number of nitrogens with zero attached hydrogens (tertiary/aromatic N) is 4. The Morgan fingerprint density at radius 1 is 1.43 bits per heavy atom. The summed E-state index contributed by atoms with van der Waals surface area (Å²) in [5.74, 6) is 1.59. The second-order valence-corrected chi connectivity index (χ2v) is 6.61. The van der Waals surface area contributed by atoms with Gasteiger partial charge in [-0.05, 0) is 12.8 Å². The minimum Gasteiger partial charge on any atom is -0.377 e. The van der Waals surface area contributed by atoms with Gasteiger partial charge in [0.05, 0.1) is 5.69 Å². The highest BCUT2D eigenvalue weighted by atomic mass is 32.1. The Labute approximate surface area is 138 Å². The highest BCUT2D eigenvalue weighted by Gasteiger charge is 2.32. The van der Waals surface area contributed by atoms with Crippen LogP contribution in [-0.4, -0.2) is 46.6 Å². The van der Waals surface area contributed by atoms with Crippen LogP contribution < -0.4 is 15.8 Å². The van der Waals surface area contributed by atoms with Crippen LogP contribution in [0.1, 0.15) is 30.3 Å². The summed E-state index contributed by atoms with van der Waals surface area (Å²) in [6, 6.07) is 1.92. The first-order valence-corrected chi connectivity index (χ1v) is 8.19.